The van der Waals surface area contributed by atoms with Gasteiger partial charge in [0, 0.05) is 0 Å². The summed E-state index contributed by atoms with van der Waals surface area (Å²) < 4.78 is 13.3. The molecule has 2 atom stereocenters. The number of aliphatic hydroxyl groups is 2. The Morgan fingerprint density at radius 3 is 2.39 bits per heavy atom. The summed E-state index contributed by atoms with van der Waals surface area (Å²) in [6.07, 6.45) is 3.55. The molecular weight excluding hydrogens is 231 g/mol. The Morgan fingerprint density at radius 1 is 1.11 bits per heavy atom. The van der Waals surface area contributed by atoms with E-state index in [0.717, 1.165) is 31.2 Å². The average molecular weight is 252 g/mol. The molecule has 0 saturated heterocycles. The monoisotopic (exact) mass is 252 g/mol. The fourth-order valence-corrected chi connectivity index (χ4v) is 2.87. The SMILES string of the molecule is Cc1cc(F)cc(C(O)C(O)C2CCCCC2)c1. The minimum absolute atomic E-state index is 0.136. The summed E-state index contributed by atoms with van der Waals surface area (Å²) in [5, 5.41) is 20.4. The van der Waals surface area contributed by atoms with Crippen LogP contribution in [-0.4, -0.2) is 16.3 Å². The van der Waals surface area contributed by atoms with Gasteiger partial charge in [-0.15, -0.1) is 0 Å². The molecule has 0 bridgehead atoms. The predicted molar refractivity (Wildman–Crippen MR) is 68.7 cm³/mol. The highest BCUT2D eigenvalue weighted by atomic mass is 19.1. The van der Waals surface area contributed by atoms with Crippen molar-refractivity contribution in [3.63, 3.8) is 0 Å². The van der Waals surface area contributed by atoms with Gasteiger partial charge in [0.15, 0.2) is 0 Å². The third kappa shape index (κ3) is 3.09. The van der Waals surface area contributed by atoms with Crippen LogP contribution in [-0.2, 0) is 0 Å². The maximum absolute atomic E-state index is 13.3. The standard InChI is InChI=1S/C15H21FO2/c1-10-7-12(9-13(16)8-10)15(18)14(17)11-5-3-2-4-6-11/h7-9,11,14-15,17-18H,2-6H2,1H3. The van der Waals surface area contributed by atoms with Crippen molar-refractivity contribution in [2.75, 3.05) is 0 Å². The smallest absolute Gasteiger partial charge is 0.123 e. The topological polar surface area (TPSA) is 40.5 Å². The Kier molecular flexibility index (Phi) is 4.36. The van der Waals surface area contributed by atoms with Gasteiger partial charge in [0.1, 0.15) is 11.9 Å². The highest BCUT2D eigenvalue weighted by Gasteiger charge is 2.28. The van der Waals surface area contributed by atoms with Crippen LogP contribution >= 0.6 is 0 Å². The van der Waals surface area contributed by atoms with E-state index in [1.165, 1.54) is 18.6 Å². The van der Waals surface area contributed by atoms with Gasteiger partial charge in [0.25, 0.3) is 0 Å². The Labute approximate surface area is 107 Å². The third-order valence-electron chi connectivity index (χ3n) is 3.86. The van der Waals surface area contributed by atoms with Crippen LogP contribution in [0.2, 0.25) is 0 Å². The van der Waals surface area contributed by atoms with Crippen molar-refractivity contribution in [3.05, 3.63) is 35.1 Å². The molecule has 0 heterocycles. The van der Waals surface area contributed by atoms with Crippen molar-refractivity contribution in [3.8, 4) is 0 Å². The first-order chi connectivity index (χ1) is 8.58. The maximum atomic E-state index is 13.3. The normalized spacial score (nSPS) is 20.7. The molecule has 0 aliphatic heterocycles. The lowest BCUT2D eigenvalue weighted by atomic mass is 9.82. The third-order valence-corrected chi connectivity index (χ3v) is 3.86. The minimum atomic E-state index is -0.984. The first kappa shape index (κ1) is 13.5. The quantitative estimate of drug-likeness (QED) is 0.867. The molecule has 2 nitrogen and oxygen atoms in total. The second-order valence-electron chi connectivity index (χ2n) is 5.40. The van der Waals surface area contributed by atoms with Gasteiger partial charge in [-0.1, -0.05) is 25.3 Å². The molecule has 0 radical (unpaired) electrons. The van der Waals surface area contributed by atoms with E-state index >= 15 is 0 Å². The minimum Gasteiger partial charge on any atom is -0.390 e. The second-order valence-corrected chi connectivity index (χ2v) is 5.40. The zero-order chi connectivity index (χ0) is 13.1. The zero-order valence-electron chi connectivity index (χ0n) is 10.8. The molecule has 2 unspecified atom stereocenters. The lowest BCUT2D eigenvalue weighted by molar-refractivity contribution is -0.0287. The number of benzene rings is 1. The van der Waals surface area contributed by atoms with Crippen LogP contribution in [0.4, 0.5) is 4.39 Å². The largest absolute Gasteiger partial charge is 0.390 e. The van der Waals surface area contributed by atoms with E-state index in [4.69, 9.17) is 0 Å². The van der Waals surface area contributed by atoms with Crippen molar-refractivity contribution < 1.29 is 14.6 Å². The lowest BCUT2D eigenvalue weighted by Gasteiger charge is -2.30. The zero-order valence-corrected chi connectivity index (χ0v) is 10.8. The molecule has 1 aliphatic rings. The molecule has 1 aromatic carbocycles. The molecule has 1 aromatic rings. The Hall–Kier alpha value is -0.930. The van der Waals surface area contributed by atoms with Crippen LogP contribution in [0.15, 0.2) is 18.2 Å². The summed E-state index contributed by atoms with van der Waals surface area (Å²) in [6, 6.07) is 4.46. The van der Waals surface area contributed by atoms with Gasteiger partial charge < -0.3 is 10.2 Å². The van der Waals surface area contributed by atoms with Crippen molar-refractivity contribution in [2.45, 2.75) is 51.2 Å². The van der Waals surface area contributed by atoms with Crippen LogP contribution in [0.5, 0.6) is 0 Å². The van der Waals surface area contributed by atoms with E-state index in [2.05, 4.69) is 0 Å². The highest BCUT2D eigenvalue weighted by Crippen LogP contribution is 2.32. The van der Waals surface area contributed by atoms with Gasteiger partial charge >= 0.3 is 0 Å². The molecular formula is C15H21FO2. The highest BCUT2D eigenvalue weighted by molar-refractivity contribution is 5.26. The summed E-state index contributed by atoms with van der Waals surface area (Å²) >= 11 is 0. The number of hydrogen-bond donors (Lipinski definition) is 2. The van der Waals surface area contributed by atoms with Crippen LogP contribution in [0.1, 0.15) is 49.3 Å². The van der Waals surface area contributed by atoms with Crippen molar-refractivity contribution in [1.82, 2.24) is 0 Å². The van der Waals surface area contributed by atoms with E-state index in [-0.39, 0.29) is 11.7 Å². The fourth-order valence-electron chi connectivity index (χ4n) is 2.87. The van der Waals surface area contributed by atoms with Gasteiger partial charge in [0.05, 0.1) is 6.10 Å². The predicted octanol–water partition coefficient (Wildman–Crippen LogP) is 3.11. The number of hydrogen-bond acceptors (Lipinski definition) is 2. The van der Waals surface area contributed by atoms with Gasteiger partial charge in [-0.3, -0.25) is 0 Å². The summed E-state index contributed by atoms with van der Waals surface area (Å²) in [6.45, 7) is 1.78. The molecule has 0 aromatic heterocycles. The van der Waals surface area contributed by atoms with E-state index in [1.54, 1.807) is 13.0 Å². The van der Waals surface area contributed by atoms with E-state index in [9.17, 15) is 14.6 Å². The Morgan fingerprint density at radius 2 is 1.78 bits per heavy atom. The van der Waals surface area contributed by atoms with Crippen LogP contribution in [0, 0.1) is 18.7 Å². The summed E-state index contributed by atoms with van der Waals surface area (Å²) in [5.41, 5.74) is 1.24. The van der Waals surface area contributed by atoms with E-state index in [0.29, 0.717) is 5.56 Å². The van der Waals surface area contributed by atoms with Crippen LogP contribution < -0.4 is 0 Å². The fraction of sp³-hybridized carbons (Fsp3) is 0.600. The van der Waals surface area contributed by atoms with E-state index in [1.807, 2.05) is 0 Å². The van der Waals surface area contributed by atoms with Crippen molar-refractivity contribution in [1.29, 1.82) is 0 Å². The molecule has 1 aliphatic carbocycles. The summed E-state index contributed by atoms with van der Waals surface area (Å²) in [4.78, 5) is 0. The molecule has 2 rings (SSSR count). The first-order valence-corrected chi connectivity index (χ1v) is 6.71. The lowest BCUT2D eigenvalue weighted by Crippen LogP contribution is -2.29. The molecule has 0 amide bonds. The number of aryl methyl sites for hydroxylation is 1. The molecule has 1 fully saturated rings. The molecule has 100 valence electrons. The number of rotatable bonds is 3. The molecule has 18 heavy (non-hydrogen) atoms. The number of halogens is 1. The molecule has 3 heteroatoms. The van der Waals surface area contributed by atoms with Gasteiger partial charge in [-0.25, -0.2) is 4.39 Å². The Bertz CT molecular complexity index is 379. The average Bonchev–Trinajstić information content (AvgIpc) is 2.37. The van der Waals surface area contributed by atoms with Crippen molar-refractivity contribution in [2.24, 2.45) is 5.92 Å². The first-order valence-electron chi connectivity index (χ1n) is 6.71. The summed E-state index contributed by atoms with van der Waals surface area (Å²) in [5.74, 6) is -0.225. The van der Waals surface area contributed by atoms with Gasteiger partial charge in [-0.2, -0.15) is 0 Å². The number of aliphatic hydroxyl groups excluding tert-OH is 2. The molecule has 0 spiro atoms. The van der Waals surface area contributed by atoms with Crippen LogP contribution in [0.3, 0.4) is 0 Å². The van der Waals surface area contributed by atoms with E-state index < -0.39 is 12.2 Å². The van der Waals surface area contributed by atoms with Crippen LogP contribution in [0.25, 0.3) is 0 Å². The molecule has 2 N–H and O–H groups in total. The van der Waals surface area contributed by atoms with Gasteiger partial charge in [0.2, 0.25) is 0 Å². The maximum Gasteiger partial charge on any atom is 0.123 e. The Balaban J connectivity index is 2.11. The van der Waals surface area contributed by atoms with Crippen molar-refractivity contribution >= 4 is 0 Å². The van der Waals surface area contributed by atoms with Gasteiger partial charge in [-0.05, 0) is 48.9 Å². The molecule has 1 saturated carbocycles. The summed E-state index contributed by atoms with van der Waals surface area (Å²) in [7, 11) is 0. The second kappa shape index (κ2) is 5.81.